The first-order valence-electron chi connectivity index (χ1n) is 10.7. The third-order valence-electron chi connectivity index (χ3n) is 6.82. The van der Waals surface area contributed by atoms with Crippen LogP contribution in [0.5, 0.6) is 0 Å². The minimum absolute atomic E-state index is 0.0175. The van der Waals surface area contributed by atoms with Crippen molar-refractivity contribution in [1.82, 2.24) is 14.7 Å². The number of hydrogen-bond donors (Lipinski definition) is 2. The smallest absolute Gasteiger partial charge is 0.248 e. The predicted molar refractivity (Wildman–Crippen MR) is 112 cm³/mol. The summed E-state index contributed by atoms with van der Waals surface area (Å²) in [5, 5.41) is 9.22. The second kappa shape index (κ2) is 8.29. The number of nitriles is 1. The molecule has 4 rings (SSSR count). The van der Waals surface area contributed by atoms with E-state index in [1.807, 2.05) is 22.8 Å². The molecule has 0 spiro atoms. The largest absolute Gasteiger partial charge is 0.366 e. The lowest BCUT2D eigenvalue weighted by Crippen LogP contribution is -2.56. The molecule has 3 saturated heterocycles. The van der Waals surface area contributed by atoms with Crippen molar-refractivity contribution in [3.8, 4) is 6.07 Å². The maximum atomic E-state index is 13.1. The van der Waals surface area contributed by atoms with E-state index in [0.717, 1.165) is 12.0 Å². The Kier molecular flexibility index (Phi) is 5.69. The Hall–Kier alpha value is -2.96. The second-order valence-electron chi connectivity index (χ2n) is 8.70. The second-order valence-corrected chi connectivity index (χ2v) is 8.70. The number of hydrogen-bond acceptors (Lipinski definition) is 6. The van der Waals surface area contributed by atoms with E-state index in [1.165, 1.54) is 0 Å². The minimum Gasteiger partial charge on any atom is -0.366 e. The molecule has 3 heterocycles. The van der Waals surface area contributed by atoms with Crippen molar-refractivity contribution in [2.75, 3.05) is 19.6 Å². The summed E-state index contributed by atoms with van der Waals surface area (Å²) < 4.78 is 0. The van der Waals surface area contributed by atoms with E-state index in [4.69, 9.17) is 11.5 Å². The highest BCUT2D eigenvalue weighted by atomic mass is 16.2. The number of amides is 3. The highest BCUT2D eigenvalue weighted by Crippen LogP contribution is 2.38. The van der Waals surface area contributed by atoms with Crippen LogP contribution in [0, 0.1) is 11.3 Å². The molecule has 4 N–H and O–H groups in total. The maximum absolute atomic E-state index is 13.1. The van der Waals surface area contributed by atoms with E-state index in [1.54, 1.807) is 23.1 Å². The zero-order chi connectivity index (χ0) is 22.3. The molecule has 9 heteroatoms. The fraction of sp³-hybridized carbons (Fsp3) is 0.545. The summed E-state index contributed by atoms with van der Waals surface area (Å²) in [5.41, 5.74) is 12.9. The Morgan fingerprint density at radius 3 is 2.81 bits per heavy atom. The summed E-state index contributed by atoms with van der Waals surface area (Å²) in [6.45, 7) is 3.47. The van der Waals surface area contributed by atoms with Crippen molar-refractivity contribution in [1.29, 1.82) is 5.26 Å². The molecular formula is C22H28N6O3. The zero-order valence-electron chi connectivity index (χ0n) is 17.6. The lowest BCUT2D eigenvalue weighted by Gasteiger charge is -2.38. The van der Waals surface area contributed by atoms with Crippen molar-refractivity contribution in [2.45, 2.75) is 56.4 Å². The van der Waals surface area contributed by atoms with Gasteiger partial charge in [-0.2, -0.15) is 5.26 Å². The van der Waals surface area contributed by atoms with Gasteiger partial charge in [-0.15, -0.1) is 0 Å². The Bertz CT molecular complexity index is 943. The van der Waals surface area contributed by atoms with Gasteiger partial charge in [-0.1, -0.05) is 12.1 Å². The molecule has 0 aromatic heterocycles. The van der Waals surface area contributed by atoms with Gasteiger partial charge < -0.3 is 21.3 Å². The number of nitrogens with zero attached hydrogens (tertiary/aromatic N) is 4. The van der Waals surface area contributed by atoms with Gasteiger partial charge in [0.15, 0.2) is 0 Å². The molecule has 164 valence electrons. The predicted octanol–water partition coefficient (Wildman–Crippen LogP) is -0.0265. The number of primary amides is 1. The molecular weight excluding hydrogens is 396 g/mol. The van der Waals surface area contributed by atoms with E-state index in [0.29, 0.717) is 38.0 Å². The molecule has 5 atom stereocenters. The molecule has 1 aromatic rings. The Morgan fingerprint density at radius 1 is 1.35 bits per heavy atom. The summed E-state index contributed by atoms with van der Waals surface area (Å²) in [7, 11) is 0. The van der Waals surface area contributed by atoms with Crippen molar-refractivity contribution >= 4 is 17.7 Å². The number of piperazine rings is 1. The van der Waals surface area contributed by atoms with Crippen molar-refractivity contribution in [3.63, 3.8) is 0 Å². The zero-order valence-corrected chi connectivity index (χ0v) is 17.6. The first-order chi connectivity index (χ1) is 14.8. The quantitative estimate of drug-likeness (QED) is 0.658. The molecule has 0 unspecified atom stereocenters. The standard InChI is InChI=1S/C22H28N6O3/c1-13(14-4-2-5-15(8-14)20(25)29)28-17-9-19(22(28)31)26(11-17)12-18(24)21(30)27-7-3-6-16(27)10-23/h2,4-5,8,13,16-19H,3,6-7,9,11-12,24H2,1H3,(H2,25,29)/t13-,16+,17-,18+,19-/m1/s1. The minimum atomic E-state index is -0.751. The van der Waals surface area contributed by atoms with Crippen LogP contribution < -0.4 is 11.5 Å². The fourth-order valence-electron chi connectivity index (χ4n) is 5.22. The van der Waals surface area contributed by atoms with Gasteiger partial charge in [0, 0.05) is 31.2 Å². The van der Waals surface area contributed by atoms with Gasteiger partial charge in [-0.05, 0) is 43.9 Å². The van der Waals surface area contributed by atoms with Gasteiger partial charge in [0.2, 0.25) is 17.7 Å². The molecule has 3 amide bonds. The molecule has 1 aromatic carbocycles. The Balaban J connectivity index is 1.41. The first-order valence-corrected chi connectivity index (χ1v) is 10.7. The summed E-state index contributed by atoms with van der Waals surface area (Å²) in [6.07, 6.45) is 2.20. The van der Waals surface area contributed by atoms with Crippen molar-refractivity contribution in [3.05, 3.63) is 35.4 Å². The van der Waals surface area contributed by atoms with E-state index in [2.05, 4.69) is 6.07 Å². The average molecular weight is 425 g/mol. The Morgan fingerprint density at radius 2 is 2.13 bits per heavy atom. The molecule has 3 fully saturated rings. The third-order valence-corrected chi connectivity index (χ3v) is 6.82. The number of carbonyl (C=O) groups excluding carboxylic acids is 3. The van der Waals surface area contributed by atoms with Gasteiger partial charge >= 0.3 is 0 Å². The molecule has 31 heavy (non-hydrogen) atoms. The molecule has 0 aliphatic carbocycles. The molecule has 3 aliphatic rings. The van der Waals surface area contributed by atoms with Crippen LogP contribution >= 0.6 is 0 Å². The summed E-state index contributed by atoms with van der Waals surface area (Å²) in [5.74, 6) is -0.693. The van der Waals surface area contributed by atoms with Crippen LogP contribution in [-0.4, -0.2) is 76.2 Å². The highest BCUT2D eigenvalue weighted by molar-refractivity contribution is 5.93. The molecule has 0 saturated carbocycles. The monoisotopic (exact) mass is 424 g/mol. The molecule has 9 nitrogen and oxygen atoms in total. The van der Waals surface area contributed by atoms with Gasteiger partial charge in [-0.25, -0.2) is 0 Å². The summed E-state index contributed by atoms with van der Waals surface area (Å²) in [6, 6.07) is 7.64. The highest BCUT2D eigenvalue weighted by Gasteiger charge is 2.51. The van der Waals surface area contributed by atoms with Crippen LogP contribution in [0.1, 0.15) is 48.1 Å². The van der Waals surface area contributed by atoms with Crippen LogP contribution in [0.15, 0.2) is 24.3 Å². The van der Waals surface area contributed by atoms with Crippen molar-refractivity contribution < 1.29 is 14.4 Å². The van der Waals surface area contributed by atoms with E-state index in [9.17, 15) is 19.6 Å². The van der Waals surface area contributed by atoms with Crippen LogP contribution in [0.2, 0.25) is 0 Å². The van der Waals surface area contributed by atoms with Gasteiger partial charge in [0.05, 0.1) is 24.2 Å². The summed E-state index contributed by atoms with van der Waals surface area (Å²) in [4.78, 5) is 42.8. The normalized spacial score (nSPS) is 27.4. The van der Waals surface area contributed by atoms with Crippen LogP contribution in [0.25, 0.3) is 0 Å². The molecule has 0 radical (unpaired) electrons. The topological polar surface area (TPSA) is 137 Å². The number of benzene rings is 1. The number of carbonyl (C=O) groups is 3. The lowest BCUT2D eigenvalue weighted by molar-refractivity contribution is -0.140. The number of nitrogens with two attached hydrogens (primary N) is 2. The fourth-order valence-corrected chi connectivity index (χ4v) is 5.22. The van der Waals surface area contributed by atoms with E-state index < -0.39 is 18.0 Å². The third kappa shape index (κ3) is 3.77. The molecule has 2 bridgehead atoms. The van der Waals surface area contributed by atoms with Crippen LogP contribution in [-0.2, 0) is 9.59 Å². The van der Waals surface area contributed by atoms with Crippen LogP contribution in [0.3, 0.4) is 0 Å². The number of rotatable bonds is 6. The van der Waals surface area contributed by atoms with E-state index >= 15 is 0 Å². The Labute approximate surface area is 181 Å². The maximum Gasteiger partial charge on any atom is 0.248 e. The van der Waals surface area contributed by atoms with Gasteiger partial charge in [-0.3, -0.25) is 19.3 Å². The van der Waals surface area contributed by atoms with Gasteiger partial charge in [0.25, 0.3) is 0 Å². The van der Waals surface area contributed by atoms with Crippen LogP contribution in [0.4, 0.5) is 0 Å². The van der Waals surface area contributed by atoms with E-state index in [-0.39, 0.29) is 29.9 Å². The first kappa shape index (κ1) is 21.3. The molecule has 3 aliphatic heterocycles. The van der Waals surface area contributed by atoms with Crippen molar-refractivity contribution in [2.24, 2.45) is 11.5 Å². The van der Waals surface area contributed by atoms with Gasteiger partial charge in [0.1, 0.15) is 6.04 Å². The SMILES string of the molecule is C[C@H](c1cccc(C(N)=O)c1)N1C(=O)[C@H]2C[C@@H]1CN2C[C@H](N)C(=O)N1CCC[C@H]1C#N. The lowest BCUT2D eigenvalue weighted by atomic mass is 10.0. The number of fused-ring (bicyclic) bond motifs is 2. The average Bonchev–Trinajstić information content (AvgIpc) is 3.47. The number of likely N-dealkylation sites (tertiary alicyclic amines) is 3. The summed E-state index contributed by atoms with van der Waals surface area (Å²) >= 11 is 0.